The lowest BCUT2D eigenvalue weighted by Gasteiger charge is -2.22. The Morgan fingerprint density at radius 3 is 2.34 bits per heavy atom. The van der Waals surface area contributed by atoms with Crippen LogP contribution in [0.1, 0.15) is 50.9 Å². The van der Waals surface area contributed by atoms with E-state index in [9.17, 15) is 4.79 Å². The van der Waals surface area contributed by atoms with Crippen molar-refractivity contribution in [2.24, 2.45) is 0 Å². The number of aryl methyl sites for hydroxylation is 4. The first-order valence-corrected chi connectivity index (χ1v) is 11.9. The molecule has 35 heavy (non-hydrogen) atoms. The van der Waals surface area contributed by atoms with E-state index in [-0.39, 0.29) is 18.4 Å². The molecule has 180 valence electrons. The molecule has 5 nitrogen and oxygen atoms in total. The van der Waals surface area contributed by atoms with Crippen LogP contribution in [0, 0.1) is 27.7 Å². The van der Waals surface area contributed by atoms with Crippen molar-refractivity contribution < 1.29 is 14.1 Å². The molecule has 6 heteroatoms. The van der Waals surface area contributed by atoms with E-state index in [0.29, 0.717) is 11.6 Å². The van der Waals surface area contributed by atoms with Crippen LogP contribution in [0.15, 0.2) is 71.3 Å². The van der Waals surface area contributed by atoms with Crippen LogP contribution < -0.4 is 10.1 Å². The molecule has 4 rings (SSSR count). The van der Waals surface area contributed by atoms with Crippen LogP contribution in [0.5, 0.6) is 5.75 Å². The fourth-order valence-electron chi connectivity index (χ4n) is 4.03. The molecular weight excluding hydrogens is 460 g/mol. The number of benzene rings is 3. The average Bonchev–Trinajstić information content (AvgIpc) is 3.15. The highest BCUT2D eigenvalue weighted by Gasteiger charge is 2.19. The van der Waals surface area contributed by atoms with Gasteiger partial charge in [-0.05, 0) is 74.2 Å². The van der Waals surface area contributed by atoms with Crippen LogP contribution in [0.4, 0.5) is 0 Å². The number of nitrogens with one attached hydrogen (secondary N) is 1. The molecule has 1 heterocycles. The van der Waals surface area contributed by atoms with Crippen LogP contribution in [0.2, 0.25) is 5.02 Å². The van der Waals surface area contributed by atoms with Gasteiger partial charge >= 0.3 is 0 Å². The summed E-state index contributed by atoms with van der Waals surface area (Å²) in [5.41, 5.74) is 6.93. The minimum absolute atomic E-state index is 0.0608. The van der Waals surface area contributed by atoms with E-state index in [4.69, 9.17) is 20.9 Å². The second-order valence-electron chi connectivity index (χ2n) is 8.82. The third kappa shape index (κ3) is 6.11. The van der Waals surface area contributed by atoms with Crippen molar-refractivity contribution in [3.8, 4) is 5.75 Å². The molecule has 4 aromatic rings. The number of nitrogens with zero attached hydrogens (tertiary/aromatic N) is 1. The van der Waals surface area contributed by atoms with E-state index in [1.165, 1.54) is 5.56 Å². The van der Waals surface area contributed by atoms with E-state index in [2.05, 4.69) is 34.7 Å². The Labute approximate surface area is 211 Å². The van der Waals surface area contributed by atoms with Gasteiger partial charge in [0.05, 0.1) is 23.7 Å². The van der Waals surface area contributed by atoms with Gasteiger partial charge in [-0.1, -0.05) is 64.8 Å². The Bertz CT molecular complexity index is 1290. The van der Waals surface area contributed by atoms with Gasteiger partial charge in [0.15, 0.2) is 0 Å². The molecule has 1 amide bonds. The SMILES string of the molecule is Cc1ccc(C(NC(=O)Cc2ccc(OCc3c(C)noc3C)cc2)c2ccc(Cl)cc2C)cc1. The maximum absolute atomic E-state index is 13.1. The predicted molar refractivity (Wildman–Crippen MR) is 138 cm³/mol. The first-order chi connectivity index (χ1) is 16.8. The van der Waals surface area contributed by atoms with Gasteiger partial charge in [-0.3, -0.25) is 4.79 Å². The second kappa shape index (κ2) is 10.8. The maximum atomic E-state index is 13.1. The lowest BCUT2D eigenvalue weighted by molar-refractivity contribution is -0.120. The number of rotatable bonds is 8. The number of hydrogen-bond acceptors (Lipinski definition) is 4. The highest BCUT2D eigenvalue weighted by Crippen LogP contribution is 2.28. The summed E-state index contributed by atoms with van der Waals surface area (Å²) in [5, 5.41) is 7.85. The average molecular weight is 489 g/mol. The van der Waals surface area contributed by atoms with Gasteiger partial charge < -0.3 is 14.6 Å². The van der Waals surface area contributed by atoms with E-state index >= 15 is 0 Å². The lowest BCUT2D eigenvalue weighted by atomic mass is 9.94. The van der Waals surface area contributed by atoms with Crippen molar-refractivity contribution in [1.82, 2.24) is 10.5 Å². The Balaban J connectivity index is 1.45. The summed E-state index contributed by atoms with van der Waals surface area (Å²) in [7, 11) is 0. The number of hydrogen-bond donors (Lipinski definition) is 1. The smallest absolute Gasteiger partial charge is 0.225 e. The van der Waals surface area contributed by atoms with Gasteiger partial charge in [0, 0.05) is 5.02 Å². The standard InChI is InChI=1S/C29H29ClN2O3/c1-18-5-9-23(10-6-18)29(26-14-11-24(30)15-19(26)2)31-28(33)16-22-7-12-25(13-8-22)34-17-27-20(3)32-35-21(27)4/h5-15,29H,16-17H2,1-4H3,(H,31,33). The zero-order valence-electron chi connectivity index (χ0n) is 20.4. The molecule has 1 N–H and O–H groups in total. The van der Waals surface area contributed by atoms with E-state index in [0.717, 1.165) is 45.0 Å². The van der Waals surface area contributed by atoms with Crippen LogP contribution in [-0.2, 0) is 17.8 Å². The minimum Gasteiger partial charge on any atom is -0.489 e. The first kappa shape index (κ1) is 24.6. The Hall–Kier alpha value is -3.57. The summed E-state index contributed by atoms with van der Waals surface area (Å²) in [6.07, 6.45) is 0.263. The van der Waals surface area contributed by atoms with Crippen molar-refractivity contribution in [3.05, 3.63) is 117 Å². The molecule has 0 fully saturated rings. The zero-order valence-corrected chi connectivity index (χ0v) is 21.1. The molecule has 0 bridgehead atoms. The Morgan fingerprint density at radius 1 is 1.00 bits per heavy atom. The van der Waals surface area contributed by atoms with Gasteiger partial charge in [-0.2, -0.15) is 0 Å². The van der Waals surface area contributed by atoms with Gasteiger partial charge in [0.25, 0.3) is 0 Å². The van der Waals surface area contributed by atoms with E-state index in [1.807, 2.05) is 70.2 Å². The number of carbonyl (C=O) groups is 1. The van der Waals surface area contributed by atoms with Crippen LogP contribution >= 0.6 is 11.6 Å². The number of ether oxygens (including phenoxy) is 1. The molecule has 0 aliphatic carbocycles. The highest BCUT2D eigenvalue weighted by atomic mass is 35.5. The quantitative estimate of drug-likeness (QED) is 0.304. The Morgan fingerprint density at radius 2 is 1.71 bits per heavy atom. The van der Waals surface area contributed by atoms with Crippen molar-refractivity contribution in [2.75, 3.05) is 0 Å². The molecule has 0 radical (unpaired) electrons. The third-order valence-electron chi connectivity index (χ3n) is 6.11. The molecule has 1 atom stereocenters. The van der Waals surface area contributed by atoms with Gasteiger partial charge in [0.1, 0.15) is 18.1 Å². The number of amides is 1. The predicted octanol–water partition coefficient (Wildman–Crippen LogP) is 6.59. The van der Waals surface area contributed by atoms with Crippen molar-refractivity contribution in [2.45, 2.75) is 46.8 Å². The maximum Gasteiger partial charge on any atom is 0.225 e. The molecule has 3 aromatic carbocycles. The summed E-state index contributed by atoms with van der Waals surface area (Å²) in [5.74, 6) is 1.42. The first-order valence-electron chi connectivity index (χ1n) is 11.6. The molecule has 0 saturated carbocycles. The van der Waals surface area contributed by atoms with Crippen molar-refractivity contribution in [3.63, 3.8) is 0 Å². The van der Waals surface area contributed by atoms with Crippen LogP contribution in [-0.4, -0.2) is 11.1 Å². The number of aromatic nitrogens is 1. The zero-order chi connectivity index (χ0) is 24.9. The largest absolute Gasteiger partial charge is 0.489 e. The van der Waals surface area contributed by atoms with Gasteiger partial charge in [0.2, 0.25) is 5.91 Å². The fraction of sp³-hybridized carbons (Fsp3) is 0.241. The molecule has 1 aromatic heterocycles. The summed E-state index contributed by atoms with van der Waals surface area (Å²) >= 11 is 6.18. The van der Waals surface area contributed by atoms with E-state index < -0.39 is 0 Å². The minimum atomic E-state index is -0.266. The molecule has 0 spiro atoms. The summed E-state index contributed by atoms with van der Waals surface area (Å²) in [6, 6.07) is 21.3. The molecular formula is C29H29ClN2O3. The van der Waals surface area contributed by atoms with Gasteiger partial charge in [-0.25, -0.2) is 0 Å². The summed E-state index contributed by atoms with van der Waals surface area (Å²) < 4.78 is 11.1. The monoisotopic (exact) mass is 488 g/mol. The summed E-state index contributed by atoms with van der Waals surface area (Å²) in [6.45, 7) is 8.21. The third-order valence-corrected chi connectivity index (χ3v) is 6.35. The fourth-order valence-corrected chi connectivity index (χ4v) is 4.25. The molecule has 0 saturated heterocycles. The summed E-state index contributed by atoms with van der Waals surface area (Å²) in [4.78, 5) is 13.1. The van der Waals surface area contributed by atoms with Crippen molar-refractivity contribution in [1.29, 1.82) is 0 Å². The molecule has 0 aliphatic heterocycles. The lowest BCUT2D eigenvalue weighted by Crippen LogP contribution is -2.31. The highest BCUT2D eigenvalue weighted by molar-refractivity contribution is 6.30. The van der Waals surface area contributed by atoms with Gasteiger partial charge in [-0.15, -0.1) is 0 Å². The van der Waals surface area contributed by atoms with Crippen molar-refractivity contribution >= 4 is 17.5 Å². The number of carbonyl (C=O) groups excluding carboxylic acids is 1. The Kier molecular flexibility index (Phi) is 7.57. The van der Waals surface area contributed by atoms with E-state index in [1.54, 1.807) is 0 Å². The van der Waals surface area contributed by atoms with Crippen LogP contribution in [0.25, 0.3) is 0 Å². The molecule has 0 aliphatic rings. The second-order valence-corrected chi connectivity index (χ2v) is 9.26. The number of halogens is 1. The molecule has 1 unspecified atom stereocenters. The normalized spacial score (nSPS) is 11.8. The van der Waals surface area contributed by atoms with Crippen LogP contribution in [0.3, 0.4) is 0 Å². The topological polar surface area (TPSA) is 64.4 Å².